The largest absolute Gasteiger partial charge is 0.488 e. The van der Waals surface area contributed by atoms with Gasteiger partial charge in [0, 0.05) is 15.6 Å². The van der Waals surface area contributed by atoms with Gasteiger partial charge in [-0.05, 0) is 60.2 Å². The van der Waals surface area contributed by atoms with Gasteiger partial charge in [0.25, 0.3) is 0 Å². The third kappa shape index (κ3) is 5.83. The number of nitrogens with zero attached hydrogens (tertiary/aromatic N) is 1. The van der Waals surface area contributed by atoms with Crippen molar-refractivity contribution in [1.29, 1.82) is 0 Å². The molecule has 0 bridgehead atoms. The average molecular weight is 480 g/mol. The Morgan fingerprint density at radius 1 is 0.818 bits per heavy atom. The second kappa shape index (κ2) is 10.4. The van der Waals surface area contributed by atoms with E-state index in [4.69, 9.17) is 32.7 Å². The Bertz CT molecular complexity index is 1260. The van der Waals surface area contributed by atoms with Gasteiger partial charge in [-0.1, -0.05) is 53.5 Å². The van der Waals surface area contributed by atoms with E-state index in [9.17, 15) is 9.90 Å². The van der Waals surface area contributed by atoms with Crippen LogP contribution in [0.25, 0.3) is 11.3 Å². The van der Waals surface area contributed by atoms with E-state index >= 15 is 0 Å². The number of carbonyl (C=O) groups is 1. The van der Waals surface area contributed by atoms with Crippen molar-refractivity contribution < 1.29 is 19.4 Å². The molecule has 0 aliphatic heterocycles. The first-order valence-corrected chi connectivity index (χ1v) is 10.8. The molecular weight excluding hydrogens is 461 g/mol. The van der Waals surface area contributed by atoms with Crippen molar-refractivity contribution in [2.45, 2.75) is 13.2 Å². The molecule has 5 nitrogen and oxygen atoms in total. The highest BCUT2D eigenvalue weighted by Crippen LogP contribution is 2.33. The summed E-state index contributed by atoms with van der Waals surface area (Å²) in [6.07, 6.45) is 0. The summed E-state index contributed by atoms with van der Waals surface area (Å²) in [5.41, 5.74) is 2.61. The highest BCUT2D eigenvalue weighted by Gasteiger charge is 2.16. The van der Waals surface area contributed by atoms with Gasteiger partial charge >= 0.3 is 5.97 Å². The number of ether oxygens (including phenoxy) is 2. The van der Waals surface area contributed by atoms with E-state index in [1.165, 1.54) is 6.07 Å². The molecule has 0 aliphatic rings. The minimum Gasteiger partial charge on any atom is -0.488 e. The number of carboxylic acid groups (broad SMARTS) is 1. The van der Waals surface area contributed by atoms with Crippen molar-refractivity contribution >= 4 is 29.2 Å². The first kappa shape index (κ1) is 22.6. The van der Waals surface area contributed by atoms with Crippen LogP contribution in [0.2, 0.25) is 10.0 Å². The van der Waals surface area contributed by atoms with Gasteiger partial charge in [-0.2, -0.15) is 0 Å². The van der Waals surface area contributed by atoms with Crippen LogP contribution in [0.1, 0.15) is 21.6 Å². The van der Waals surface area contributed by atoms with Crippen LogP contribution in [0.5, 0.6) is 11.5 Å². The highest BCUT2D eigenvalue weighted by molar-refractivity contribution is 6.31. The lowest BCUT2D eigenvalue weighted by Crippen LogP contribution is -2.09. The molecule has 0 radical (unpaired) electrons. The molecule has 1 aromatic heterocycles. The smallest absolute Gasteiger partial charge is 0.337 e. The molecule has 0 saturated heterocycles. The number of aromatic carboxylic acids is 1. The molecule has 3 aromatic carbocycles. The molecule has 0 spiro atoms. The number of pyridine rings is 1. The molecule has 1 N–H and O–H groups in total. The van der Waals surface area contributed by atoms with Crippen LogP contribution in [-0.2, 0) is 13.2 Å². The lowest BCUT2D eigenvalue weighted by Gasteiger charge is -2.14. The van der Waals surface area contributed by atoms with Gasteiger partial charge in [-0.25, -0.2) is 9.78 Å². The van der Waals surface area contributed by atoms with E-state index in [-0.39, 0.29) is 12.2 Å². The summed E-state index contributed by atoms with van der Waals surface area (Å²) in [4.78, 5) is 16.3. The molecule has 0 saturated carbocycles. The van der Waals surface area contributed by atoms with Crippen molar-refractivity contribution in [1.82, 2.24) is 4.98 Å². The molecule has 0 unspecified atom stereocenters. The van der Waals surface area contributed by atoms with Gasteiger partial charge in [-0.3, -0.25) is 0 Å². The number of rotatable bonds is 8. The molecule has 4 aromatic rings. The van der Waals surface area contributed by atoms with E-state index in [0.717, 1.165) is 5.56 Å². The SMILES string of the molecule is O=C(O)c1ccc(-c2ccc(Cl)cc2OCc2ccccc2)nc1COc1ccc(Cl)cc1. The predicted octanol–water partition coefficient (Wildman–Crippen LogP) is 6.91. The minimum absolute atomic E-state index is 0.0229. The van der Waals surface area contributed by atoms with Gasteiger partial charge in [0.2, 0.25) is 0 Å². The summed E-state index contributed by atoms with van der Waals surface area (Å²) >= 11 is 12.1. The Morgan fingerprint density at radius 2 is 1.55 bits per heavy atom. The number of carboxylic acids is 1. The molecule has 4 rings (SSSR count). The van der Waals surface area contributed by atoms with E-state index < -0.39 is 5.97 Å². The normalized spacial score (nSPS) is 10.6. The maximum Gasteiger partial charge on any atom is 0.337 e. The molecule has 33 heavy (non-hydrogen) atoms. The quantitative estimate of drug-likeness (QED) is 0.297. The first-order valence-electron chi connectivity index (χ1n) is 10.1. The summed E-state index contributed by atoms with van der Waals surface area (Å²) < 4.78 is 11.8. The van der Waals surface area contributed by atoms with Crippen molar-refractivity contribution in [2.24, 2.45) is 0 Å². The van der Waals surface area contributed by atoms with Crippen LogP contribution in [0.4, 0.5) is 0 Å². The van der Waals surface area contributed by atoms with E-state index in [1.807, 2.05) is 30.3 Å². The van der Waals surface area contributed by atoms with Crippen molar-refractivity contribution in [3.8, 4) is 22.8 Å². The number of benzene rings is 3. The van der Waals surface area contributed by atoms with Crippen molar-refractivity contribution in [3.05, 3.63) is 112 Å². The Balaban J connectivity index is 1.63. The Morgan fingerprint density at radius 3 is 2.27 bits per heavy atom. The molecule has 7 heteroatoms. The molecule has 0 aliphatic carbocycles. The fourth-order valence-electron chi connectivity index (χ4n) is 3.20. The van der Waals surface area contributed by atoms with Crippen molar-refractivity contribution in [3.63, 3.8) is 0 Å². The number of hydrogen-bond acceptors (Lipinski definition) is 4. The van der Waals surface area contributed by atoms with Gasteiger partial charge in [0.05, 0.1) is 17.0 Å². The molecule has 0 fully saturated rings. The van der Waals surface area contributed by atoms with Gasteiger partial charge in [0.1, 0.15) is 24.7 Å². The standard InChI is InChI=1S/C26H19Cl2NO4/c27-18-6-9-20(10-7-18)32-16-24-22(26(30)31)12-13-23(29-24)21-11-8-19(28)14-25(21)33-15-17-4-2-1-3-5-17/h1-14H,15-16H2,(H,30,31). The van der Waals surface area contributed by atoms with Gasteiger partial charge in [0.15, 0.2) is 0 Å². The number of halogens is 2. The van der Waals surface area contributed by atoms with Crippen molar-refractivity contribution in [2.75, 3.05) is 0 Å². The molecule has 166 valence electrons. The summed E-state index contributed by atoms with van der Waals surface area (Å²) in [6.45, 7) is 0.332. The first-order chi connectivity index (χ1) is 16.0. The third-order valence-corrected chi connectivity index (χ3v) is 5.34. The minimum atomic E-state index is -1.08. The summed E-state index contributed by atoms with van der Waals surface area (Å²) in [6, 6.07) is 25.0. The second-order valence-corrected chi connectivity index (χ2v) is 8.03. The van der Waals surface area contributed by atoms with E-state index in [1.54, 1.807) is 48.5 Å². The monoisotopic (exact) mass is 479 g/mol. The second-order valence-electron chi connectivity index (χ2n) is 7.15. The topological polar surface area (TPSA) is 68.7 Å². The zero-order chi connectivity index (χ0) is 23.2. The van der Waals surface area contributed by atoms with Crippen LogP contribution in [0.15, 0.2) is 84.9 Å². The summed E-state index contributed by atoms with van der Waals surface area (Å²) in [5.74, 6) is 0.0215. The van der Waals surface area contributed by atoms with Crippen LogP contribution in [-0.4, -0.2) is 16.1 Å². The zero-order valence-corrected chi connectivity index (χ0v) is 18.9. The number of hydrogen-bond donors (Lipinski definition) is 1. The van der Waals surface area contributed by atoms with Crippen LogP contribution < -0.4 is 9.47 Å². The molecular formula is C26H19Cl2NO4. The van der Waals surface area contributed by atoms with Crippen LogP contribution >= 0.6 is 23.2 Å². The van der Waals surface area contributed by atoms with E-state index in [2.05, 4.69) is 4.98 Å². The summed E-state index contributed by atoms with van der Waals surface area (Å²) in [5, 5.41) is 10.7. The predicted molar refractivity (Wildman–Crippen MR) is 128 cm³/mol. The fraction of sp³-hybridized carbons (Fsp3) is 0.0769. The summed E-state index contributed by atoms with van der Waals surface area (Å²) in [7, 11) is 0. The number of aromatic nitrogens is 1. The molecule has 1 heterocycles. The lowest BCUT2D eigenvalue weighted by molar-refractivity contribution is 0.0693. The van der Waals surface area contributed by atoms with Gasteiger partial charge in [-0.15, -0.1) is 0 Å². The Labute approximate surface area is 201 Å². The van der Waals surface area contributed by atoms with E-state index in [0.29, 0.717) is 45.1 Å². The molecule has 0 atom stereocenters. The molecule has 0 amide bonds. The van der Waals surface area contributed by atoms with Crippen LogP contribution in [0, 0.1) is 0 Å². The third-order valence-electron chi connectivity index (χ3n) is 4.85. The fourth-order valence-corrected chi connectivity index (χ4v) is 3.49. The van der Waals surface area contributed by atoms with Crippen LogP contribution in [0.3, 0.4) is 0 Å². The zero-order valence-electron chi connectivity index (χ0n) is 17.4. The Hall–Kier alpha value is -3.54. The lowest BCUT2D eigenvalue weighted by atomic mass is 10.1. The Kier molecular flexibility index (Phi) is 7.13. The maximum absolute atomic E-state index is 11.7. The average Bonchev–Trinajstić information content (AvgIpc) is 2.83. The maximum atomic E-state index is 11.7. The van der Waals surface area contributed by atoms with Gasteiger partial charge < -0.3 is 14.6 Å². The highest BCUT2D eigenvalue weighted by atomic mass is 35.5.